The van der Waals surface area contributed by atoms with Gasteiger partial charge in [-0.3, -0.25) is 0 Å². The molecule has 6 heteroatoms. The molecule has 0 radical (unpaired) electrons. The number of methoxy groups -OCH3 is 4. The molecule has 0 saturated heterocycles. The van der Waals surface area contributed by atoms with Crippen molar-refractivity contribution in [3.05, 3.63) is 192 Å². The Bertz CT molecular complexity index is 2540. The number of benzene rings is 8. The van der Waals surface area contributed by atoms with Crippen molar-refractivity contribution >= 4 is 34.1 Å². The monoisotopic (exact) mass is 816 g/mol. The third-order valence-corrected chi connectivity index (χ3v) is 11.6. The molecule has 0 aromatic heterocycles. The Kier molecular flexibility index (Phi) is 12.0. The van der Waals surface area contributed by atoms with E-state index in [9.17, 15) is 0 Å². The van der Waals surface area contributed by atoms with Crippen LogP contribution < -0.4 is 28.7 Å². The summed E-state index contributed by atoms with van der Waals surface area (Å²) in [5.74, 6) is 3.32. The van der Waals surface area contributed by atoms with Gasteiger partial charge in [-0.1, -0.05) is 48.5 Å². The Labute approximate surface area is 366 Å². The molecular weight excluding hydrogens is 765 g/mol. The summed E-state index contributed by atoms with van der Waals surface area (Å²) in [5.41, 5.74) is 18.2. The molecule has 0 aliphatic rings. The predicted molar refractivity (Wildman–Crippen MR) is 257 cm³/mol. The fourth-order valence-corrected chi connectivity index (χ4v) is 8.46. The van der Waals surface area contributed by atoms with Crippen molar-refractivity contribution in [2.24, 2.45) is 0 Å². The molecule has 0 heterocycles. The fraction of sp³-hybridized carbons (Fsp3) is 0.143. The number of hydrogen-bond donors (Lipinski definition) is 0. The van der Waals surface area contributed by atoms with Gasteiger partial charge in [-0.2, -0.15) is 0 Å². The lowest BCUT2D eigenvalue weighted by molar-refractivity contribution is 0.414. The van der Waals surface area contributed by atoms with Gasteiger partial charge in [0.05, 0.1) is 28.4 Å². The van der Waals surface area contributed by atoms with Crippen LogP contribution in [-0.2, 0) is 0 Å². The highest BCUT2D eigenvalue weighted by atomic mass is 16.5. The minimum absolute atomic E-state index is 0.816. The molecule has 6 nitrogen and oxygen atoms in total. The largest absolute Gasteiger partial charge is 0.497 e. The van der Waals surface area contributed by atoms with Crippen molar-refractivity contribution in [1.82, 2.24) is 0 Å². The van der Waals surface area contributed by atoms with Crippen LogP contribution in [-0.4, -0.2) is 28.4 Å². The molecule has 0 unspecified atom stereocenters. The minimum Gasteiger partial charge on any atom is -0.497 e. The first-order valence-corrected chi connectivity index (χ1v) is 20.8. The normalized spacial score (nSPS) is 10.9. The number of anilines is 6. The molecule has 8 rings (SSSR count). The van der Waals surface area contributed by atoms with Crippen LogP contribution in [0.5, 0.6) is 23.0 Å². The number of nitrogens with zero attached hydrogens (tertiary/aromatic N) is 2. The molecule has 0 amide bonds. The molecule has 62 heavy (non-hydrogen) atoms. The van der Waals surface area contributed by atoms with Crippen LogP contribution in [0.2, 0.25) is 0 Å². The Morgan fingerprint density at radius 3 is 0.677 bits per heavy atom. The van der Waals surface area contributed by atoms with Gasteiger partial charge in [0.25, 0.3) is 0 Å². The van der Waals surface area contributed by atoms with E-state index in [1.807, 2.05) is 48.5 Å². The summed E-state index contributed by atoms with van der Waals surface area (Å²) < 4.78 is 21.9. The van der Waals surface area contributed by atoms with Gasteiger partial charge in [-0.25, -0.2) is 0 Å². The van der Waals surface area contributed by atoms with Gasteiger partial charge in [0, 0.05) is 34.1 Å². The van der Waals surface area contributed by atoms with E-state index >= 15 is 0 Å². The Balaban J connectivity index is 1.17. The Morgan fingerprint density at radius 1 is 0.258 bits per heavy atom. The van der Waals surface area contributed by atoms with Gasteiger partial charge in [-0.15, -0.1) is 0 Å². The van der Waals surface area contributed by atoms with E-state index < -0.39 is 0 Å². The van der Waals surface area contributed by atoms with Crippen LogP contribution in [0, 0.1) is 27.7 Å². The number of ether oxygens (including phenoxy) is 4. The highest BCUT2D eigenvalue weighted by molar-refractivity contribution is 5.87. The van der Waals surface area contributed by atoms with Gasteiger partial charge >= 0.3 is 0 Å². The number of rotatable bonds is 13. The lowest BCUT2D eigenvalue weighted by Gasteiger charge is -2.29. The first kappa shape index (κ1) is 41.3. The maximum atomic E-state index is 5.54. The summed E-state index contributed by atoms with van der Waals surface area (Å²) in [4.78, 5) is 4.63. The highest BCUT2D eigenvalue weighted by Crippen LogP contribution is 2.44. The second-order valence-electron chi connectivity index (χ2n) is 15.5. The van der Waals surface area contributed by atoms with E-state index in [4.69, 9.17) is 18.9 Å². The van der Waals surface area contributed by atoms with E-state index in [0.29, 0.717) is 0 Å². The number of hydrogen-bond acceptors (Lipinski definition) is 6. The van der Waals surface area contributed by atoms with E-state index in [-0.39, 0.29) is 0 Å². The van der Waals surface area contributed by atoms with Crippen LogP contribution in [0.15, 0.2) is 170 Å². The van der Waals surface area contributed by atoms with Gasteiger partial charge in [0.1, 0.15) is 23.0 Å². The molecule has 8 aromatic carbocycles. The van der Waals surface area contributed by atoms with Crippen molar-refractivity contribution in [2.75, 3.05) is 38.2 Å². The summed E-state index contributed by atoms with van der Waals surface area (Å²) >= 11 is 0. The molecule has 0 saturated carbocycles. The zero-order valence-electron chi connectivity index (χ0n) is 36.7. The lowest BCUT2D eigenvalue weighted by Crippen LogP contribution is -2.12. The van der Waals surface area contributed by atoms with Gasteiger partial charge < -0.3 is 28.7 Å². The second kappa shape index (κ2) is 18.0. The molecule has 310 valence electrons. The molecule has 0 aliphatic heterocycles. The van der Waals surface area contributed by atoms with Gasteiger partial charge in [0.2, 0.25) is 0 Å². The highest BCUT2D eigenvalue weighted by Gasteiger charge is 2.21. The third-order valence-electron chi connectivity index (χ3n) is 11.6. The molecular formula is C56H52N2O4. The van der Waals surface area contributed by atoms with Crippen molar-refractivity contribution in [3.63, 3.8) is 0 Å². The molecule has 0 fully saturated rings. The van der Waals surface area contributed by atoms with Crippen molar-refractivity contribution in [2.45, 2.75) is 27.7 Å². The van der Waals surface area contributed by atoms with Crippen molar-refractivity contribution in [1.29, 1.82) is 0 Å². The average Bonchev–Trinajstić information content (AvgIpc) is 3.31. The van der Waals surface area contributed by atoms with E-state index in [1.54, 1.807) is 28.4 Å². The standard InChI is InChI=1S/C56H52N2O4/c1-37-33-49(57(47-21-29-53(61-7)30-22-47)45-17-9-41(10-18-45)43-13-25-51(59-5)26-14-43)34-38(2)55(37)56-39(3)35-50(36-40(56)4)58(48-23-31-54(62-8)32-24-48)46-19-11-42(12-20-46)44-15-27-52(60-6)28-16-44/h9-36H,1-8H3. The summed E-state index contributed by atoms with van der Waals surface area (Å²) in [7, 11) is 6.78. The van der Waals surface area contributed by atoms with Crippen LogP contribution in [0.1, 0.15) is 22.3 Å². The topological polar surface area (TPSA) is 43.4 Å². The summed E-state index contributed by atoms with van der Waals surface area (Å²) in [5, 5.41) is 0. The molecule has 8 aromatic rings. The van der Waals surface area contributed by atoms with Crippen LogP contribution in [0.25, 0.3) is 33.4 Å². The zero-order chi connectivity index (χ0) is 43.3. The maximum Gasteiger partial charge on any atom is 0.119 e. The fourth-order valence-electron chi connectivity index (χ4n) is 8.46. The Hall–Kier alpha value is -7.44. The molecule has 0 aliphatic carbocycles. The first-order valence-electron chi connectivity index (χ1n) is 20.8. The van der Waals surface area contributed by atoms with E-state index in [1.165, 1.54) is 33.4 Å². The maximum absolute atomic E-state index is 5.54. The molecule has 0 spiro atoms. The molecule has 0 N–H and O–H groups in total. The van der Waals surface area contributed by atoms with E-state index in [2.05, 4.69) is 159 Å². The zero-order valence-corrected chi connectivity index (χ0v) is 36.7. The van der Waals surface area contributed by atoms with Crippen LogP contribution in [0.3, 0.4) is 0 Å². The van der Waals surface area contributed by atoms with Crippen LogP contribution in [0.4, 0.5) is 34.1 Å². The van der Waals surface area contributed by atoms with Crippen molar-refractivity contribution in [3.8, 4) is 56.4 Å². The third kappa shape index (κ3) is 8.45. The molecule has 0 bridgehead atoms. The number of aryl methyl sites for hydroxylation is 4. The van der Waals surface area contributed by atoms with Gasteiger partial charge in [-0.05, 0) is 205 Å². The smallest absolute Gasteiger partial charge is 0.119 e. The minimum atomic E-state index is 0.816. The summed E-state index contributed by atoms with van der Waals surface area (Å²) in [6.07, 6.45) is 0. The summed E-state index contributed by atoms with van der Waals surface area (Å²) in [6, 6.07) is 59.6. The first-order chi connectivity index (χ1) is 30.2. The average molecular weight is 817 g/mol. The van der Waals surface area contributed by atoms with Crippen molar-refractivity contribution < 1.29 is 18.9 Å². The Morgan fingerprint density at radius 2 is 0.452 bits per heavy atom. The quantitative estimate of drug-likeness (QED) is 0.115. The summed E-state index contributed by atoms with van der Waals surface area (Å²) in [6.45, 7) is 8.91. The second-order valence-corrected chi connectivity index (χ2v) is 15.5. The van der Waals surface area contributed by atoms with E-state index in [0.717, 1.165) is 79.4 Å². The SMILES string of the molecule is COc1ccc(-c2ccc(N(c3ccc(OC)cc3)c3cc(C)c(-c4c(C)cc(N(c5ccc(OC)cc5)c5ccc(-c6ccc(OC)cc6)cc5)cc4C)c(C)c3)cc2)cc1. The molecule has 0 atom stereocenters. The van der Waals surface area contributed by atoms with Gasteiger partial charge in [0.15, 0.2) is 0 Å². The predicted octanol–water partition coefficient (Wildman–Crippen LogP) is 14.9. The van der Waals surface area contributed by atoms with Crippen LogP contribution >= 0.6 is 0 Å². The lowest BCUT2D eigenvalue weighted by atomic mass is 9.88.